The number of aliphatic hydroxyl groups is 1. The highest BCUT2D eigenvalue weighted by atomic mass is 16.3. The first-order chi connectivity index (χ1) is 5.02. The van der Waals surface area contributed by atoms with E-state index in [1.165, 1.54) is 0 Å². The molecule has 0 aliphatic rings. The van der Waals surface area contributed by atoms with E-state index in [2.05, 4.69) is 5.32 Å². The maximum absolute atomic E-state index is 10.9. The molecule has 0 heterocycles. The minimum atomic E-state index is -0.453. The van der Waals surface area contributed by atoms with Crippen molar-refractivity contribution >= 4 is 5.91 Å². The van der Waals surface area contributed by atoms with Crippen molar-refractivity contribution in [3.63, 3.8) is 0 Å². The van der Waals surface area contributed by atoms with Crippen LogP contribution in [0.2, 0.25) is 0 Å². The van der Waals surface area contributed by atoms with Crippen LogP contribution in [0, 0.1) is 5.92 Å². The highest BCUT2D eigenvalue weighted by molar-refractivity contribution is 5.76. The second-order valence-corrected chi connectivity index (χ2v) is 3.25. The van der Waals surface area contributed by atoms with Gasteiger partial charge in [-0.1, -0.05) is 13.8 Å². The summed E-state index contributed by atoms with van der Waals surface area (Å²) in [5.41, 5.74) is 0. The SMILES string of the molecule is CC(C)CC(=O)NCC(C)O. The molecule has 3 nitrogen and oxygen atoms in total. The molecule has 0 rings (SSSR count). The van der Waals surface area contributed by atoms with E-state index in [0.29, 0.717) is 18.9 Å². The number of carbonyl (C=O) groups excluding carboxylic acids is 1. The predicted octanol–water partition coefficient (Wildman–Crippen LogP) is 0.529. The molecule has 66 valence electrons. The lowest BCUT2D eigenvalue weighted by molar-refractivity contribution is -0.122. The van der Waals surface area contributed by atoms with Crippen LogP contribution in [-0.2, 0) is 4.79 Å². The second kappa shape index (κ2) is 5.13. The Morgan fingerprint density at radius 1 is 1.45 bits per heavy atom. The van der Waals surface area contributed by atoms with Gasteiger partial charge in [0.25, 0.3) is 0 Å². The lowest BCUT2D eigenvalue weighted by atomic mass is 10.1. The molecule has 0 aliphatic heterocycles. The van der Waals surface area contributed by atoms with Crippen LogP contribution in [0.25, 0.3) is 0 Å². The largest absolute Gasteiger partial charge is 0.392 e. The predicted molar refractivity (Wildman–Crippen MR) is 44.1 cm³/mol. The Kier molecular flexibility index (Phi) is 4.86. The first-order valence-corrected chi connectivity index (χ1v) is 3.97. The standard InChI is InChI=1S/C8H17NO2/c1-6(2)4-8(11)9-5-7(3)10/h6-7,10H,4-5H2,1-3H3,(H,9,11). The Hall–Kier alpha value is -0.570. The van der Waals surface area contributed by atoms with Gasteiger partial charge in [0.1, 0.15) is 0 Å². The summed E-state index contributed by atoms with van der Waals surface area (Å²) in [5, 5.41) is 11.4. The van der Waals surface area contributed by atoms with Gasteiger partial charge in [0.2, 0.25) is 5.91 Å². The van der Waals surface area contributed by atoms with Gasteiger partial charge >= 0.3 is 0 Å². The first-order valence-electron chi connectivity index (χ1n) is 3.97. The fraction of sp³-hybridized carbons (Fsp3) is 0.875. The van der Waals surface area contributed by atoms with Crippen molar-refractivity contribution in [2.24, 2.45) is 5.92 Å². The molecule has 0 radical (unpaired) electrons. The van der Waals surface area contributed by atoms with Gasteiger partial charge in [-0.05, 0) is 12.8 Å². The second-order valence-electron chi connectivity index (χ2n) is 3.25. The zero-order valence-electron chi connectivity index (χ0n) is 7.42. The molecule has 3 heteroatoms. The molecule has 1 unspecified atom stereocenters. The summed E-state index contributed by atoms with van der Waals surface area (Å²) in [6.07, 6.45) is 0.0818. The average molecular weight is 159 g/mol. The van der Waals surface area contributed by atoms with E-state index in [0.717, 1.165) is 0 Å². The molecule has 0 fully saturated rings. The molecule has 11 heavy (non-hydrogen) atoms. The summed E-state index contributed by atoms with van der Waals surface area (Å²) in [4.78, 5) is 10.9. The van der Waals surface area contributed by atoms with E-state index in [9.17, 15) is 4.79 Å². The van der Waals surface area contributed by atoms with Crippen LogP contribution in [-0.4, -0.2) is 23.7 Å². The summed E-state index contributed by atoms with van der Waals surface area (Å²) in [5.74, 6) is 0.393. The van der Waals surface area contributed by atoms with Crippen molar-refractivity contribution in [1.82, 2.24) is 5.32 Å². The van der Waals surface area contributed by atoms with Crippen molar-refractivity contribution in [1.29, 1.82) is 0 Å². The molecule has 1 atom stereocenters. The van der Waals surface area contributed by atoms with E-state index in [1.54, 1.807) is 6.92 Å². The molecule has 0 spiro atoms. The fourth-order valence-electron chi connectivity index (χ4n) is 0.705. The van der Waals surface area contributed by atoms with E-state index < -0.39 is 6.10 Å². The van der Waals surface area contributed by atoms with Gasteiger partial charge in [0.05, 0.1) is 6.10 Å². The molecule has 0 aromatic carbocycles. The van der Waals surface area contributed by atoms with Crippen LogP contribution in [0.1, 0.15) is 27.2 Å². The number of nitrogens with one attached hydrogen (secondary N) is 1. The van der Waals surface area contributed by atoms with Crippen molar-refractivity contribution in [2.45, 2.75) is 33.3 Å². The van der Waals surface area contributed by atoms with Crippen molar-refractivity contribution in [3.05, 3.63) is 0 Å². The molecule has 0 aromatic rings. The van der Waals surface area contributed by atoms with E-state index in [4.69, 9.17) is 5.11 Å². The third-order valence-corrected chi connectivity index (χ3v) is 1.19. The summed E-state index contributed by atoms with van der Waals surface area (Å²) in [7, 11) is 0. The summed E-state index contributed by atoms with van der Waals surface area (Å²) >= 11 is 0. The van der Waals surface area contributed by atoms with Crippen LogP contribution >= 0.6 is 0 Å². The third-order valence-electron chi connectivity index (χ3n) is 1.19. The van der Waals surface area contributed by atoms with Gasteiger partial charge in [0.15, 0.2) is 0 Å². The van der Waals surface area contributed by atoms with Crippen LogP contribution < -0.4 is 5.32 Å². The smallest absolute Gasteiger partial charge is 0.220 e. The van der Waals surface area contributed by atoms with E-state index in [1.807, 2.05) is 13.8 Å². The van der Waals surface area contributed by atoms with Crippen molar-refractivity contribution < 1.29 is 9.90 Å². The monoisotopic (exact) mass is 159 g/mol. The Bertz CT molecular complexity index is 121. The van der Waals surface area contributed by atoms with Crippen molar-refractivity contribution in [3.8, 4) is 0 Å². The minimum Gasteiger partial charge on any atom is -0.392 e. The van der Waals surface area contributed by atoms with Gasteiger partial charge in [-0.15, -0.1) is 0 Å². The number of hydrogen-bond donors (Lipinski definition) is 2. The minimum absolute atomic E-state index is 0.0147. The lowest BCUT2D eigenvalue weighted by Gasteiger charge is -2.07. The average Bonchev–Trinajstić information content (AvgIpc) is 1.82. The molecule has 1 amide bonds. The Morgan fingerprint density at radius 2 is 2.00 bits per heavy atom. The van der Waals surface area contributed by atoms with Gasteiger partial charge < -0.3 is 10.4 Å². The highest BCUT2D eigenvalue weighted by Gasteiger charge is 2.04. The summed E-state index contributed by atoms with van der Waals surface area (Å²) in [6.45, 7) is 5.98. The Labute approximate surface area is 67.8 Å². The third kappa shape index (κ3) is 7.33. The maximum atomic E-state index is 10.9. The molecule has 0 aromatic heterocycles. The van der Waals surface area contributed by atoms with Gasteiger partial charge in [0, 0.05) is 13.0 Å². The number of carbonyl (C=O) groups is 1. The summed E-state index contributed by atoms with van der Waals surface area (Å²) in [6, 6.07) is 0. The van der Waals surface area contributed by atoms with Gasteiger partial charge in [-0.3, -0.25) is 4.79 Å². The molecule has 0 saturated carbocycles. The van der Waals surface area contributed by atoms with Crippen molar-refractivity contribution in [2.75, 3.05) is 6.54 Å². The summed E-state index contributed by atoms with van der Waals surface area (Å²) < 4.78 is 0. The van der Waals surface area contributed by atoms with Gasteiger partial charge in [-0.2, -0.15) is 0 Å². The van der Waals surface area contributed by atoms with E-state index in [-0.39, 0.29) is 5.91 Å². The van der Waals surface area contributed by atoms with E-state index >= 15 is 0 Å². The fourth-order valence-corrected chi connectivity index (χ4v) is 0.705. The lowest BCUT2D eigenvalue weighted by Crippen LogP contribution is -2.31. The zero-order valence-corrected chi connectivity index (χ0v) is 7.42. The molecule has 0 bridgehead atoms. The first kappa shape index (κ1) is 10.4. The number of amides is 1. The number of rotatable bonds is 4. The normalized spacial score (nSPS) is 13.2. The maximum Gasteiger partial charge on any atom is 0.220 e. The Morgan fingerprint density at radius 3 is 2.36 bits per heavy atom. The molecular formula is C8H17NO2. The quantitative estimate of drug-likeness (QED) is 0.628. The van der Waals surface area contributed by atoms with Crippen LogP contribution in [0.3, 0.4) is 0 Å². The van der Waals surface area contributed by atoms with Gasteiger partial charge in [-0.25, -0.2) is 0 Å². The molecule has 0 saturated heterocycles. The van der Waals surface area contributed by atoms with Crippen LogP contribution in [0.15, 0.2) is 0 Å². The zero-order chi connectivity index (χ0) is 8.85. The molecule has 0 aliphatic carbocycles. The number of aliphatic hydroxyl groups excluding tert-OH is 1. The topological polar surface area (TPSA) is 49.3 Å². The Balaban J connectivity index is 3.38. The van der Waals surface area contributed by atoms with Crippen LogP contribution in [0.5, 0.6) is 0 Å². The van der Waals surface area contributed by atoms with Crippen LogP contribution in [0.4, 0.5) is 0 Å². The number of hydrogen-bond acceptors (Lipinski definition) is 2. The molecular weight excluding hydrogens is 142 g/mol. The highest BCUT2D eigenvalue weighted by Crippen LogP contribution is 1.97. The molecule has 2 N–H and O–H groups in total.